The van der Waals surface area contributed by atoms with Crippen molar-refractivity contribution in [1.82, 2.24) is 5.32 Å². The van der Waals surface area contributed by atoms with Gasteiger partial charge < -0.3 is 5.32 Å². The molecule has 0 bridgehead atoms. The summed E-state index contributed by atoms with van der Waals surface area (Å²) in [6.07, 6.45) is 1.54. The van der Waals surface area contributed by atoms with Crippen LogP contribution in [0.1, 0.15) is 33.6 Å². The number of nitrogens with one attached hydrogen (secondary N) is 1. The average Bonchev–Trinajstić information content (AvgIpc) is 2.69. The van der Waals surface area contributed by atoms with Crippen molar-refractivity contribution in [3.63, 3.8) is 0 Å². The highest BCUT2D eigenvalue weighted by Crippen LogP contribution is 2.42. The molecule has 118 valence electrons. The lowest BCUT2D eigenvalue weighted by Gasteiger charge is -2.31. The molecule has 1 aliphatic rings. The van der Waals surface area contributed by atoms with Gasteiger partial charge in [0.15, 0.2) is 9.84 Å². The van der Waals surface area contributed by atoms with E-state index in [0.29, 0.717) is 11.4 Å². The number of hydrogen-bond donors (Lipinski definition) is 1. The number of hydrogen-bond acceptors (Lipinski definition) is 3. The van der Waals surface area contributed by atoms with Crippen LogP contribution in [0.2, 0.25) is 10.0 Å². The van der Waals surface area contributed by atoms with Crippen LogP contribution in [0.25, 0.3) is 0 Å². The van der Waals surface area contributed by atoms with Crippen molar-refractivity contribution in [1.29, 1.82) is 0 Å². The van der Waals surface area contributed by atoms with Gasteiger partial charge in [-0.1, -0.05) is 44.0 Å². The van der Waals surface area contributed by atoms with E-state index >= 15 is 0 Å². The van der Waals surface area contributed by atoms with Crippen molar-refractivity contribution in [2.45, 2.75) is 49.8 Å². The topological polar surface area (TPSA) is 46.2 Å². The molecule has 1 N–H and O–H groups in total. The van der Waals surface area contributed by atoms with Crippen molar-refractivity contribution in [2.75, 3.05) is 6.54 Å². The van der Waals surface area contributed by atoms with E-state index in [4.69, 9.17) is 23.2 Å². The van der Waals surface area contributed by atoms with E-state index in [1.165, 1.54) is 12.1 Å². The standard InChI is InChI=1S/C15H21Cl2NO2S/c1-4-18-14-13(7-8-15(14,2)3)21(19,20)10-5-6-11(16)12(17)9-10/h5-6,9,13-14,18H,4,7-8H2,1-3H3. The van der Waals surface area contributed by atoms with Crippen LogP contribution in [0.4, 0.5) is 0 Å². The first-order valence-electron chi connectivity index (χ1n) is 7.12. The van der Waals surface area contributed by atoms with Gasteiger partial charge >= 0.3 is 0 Å². The lowest BCUT2D eigenvalue weighted by Crippen LogP contribution is -2.47. The number of benzene rings is 1. The smallest absolute Gasteiger partial charge is 0.182 e. The monoisotopic (exact) mass is 349 g/mol. The first kappa shape index (κ1) is 17.1. The molecule has 3 nitrogen and oxygen atoms in total. The van der Waals surface area contributed by atoms with Gasteiger partial charge in [-0.2, -0.15) is 0 Å². The summed E-state index contributed by atoms with van der Waals surface area (Å²) in [6.45, 7) is 6.98. The molecule has 0 aromatic heterocycles. The van der Waals surface area contributed by atoms with Crippen molar-refractivity contribution < 1.29 is 8.42 Å². The molecule has 2 rings (SSSR count). The zero-order chi connectivity index (χ0) is 15.8. The summed E-state index contributed by atoms with van der Waals surface area (Å²) < 4.78 is 25.9. The lowest BCUT2D eigenvalue weighted by atomic mass is 9.87. The Morgan fingerprint density at radius 1 is 1.29 bits per heavy atom. The number of rotatable bonds is 4. The van der Waals surface area contributed by atoms with Crippen LogP contribution < -0.4 is 5.32 Å². The van der Waals surface area contributed by atoms with Gasteiger partial charge in [-0.3, -0.25) is 0 Å². The fourth-order valence-corrected chi connectivity index (χ4v) is 5.63. The van der Waals surface area contributed by atoms with Gasteiger partial charge in [-0.25, -0.2) is 8.42 Å². The van der Waals surface area contributed by atoms with Crippen LogP contribution in [-0.2, 0) is 9.84 Å². The number of halogens is 2. The summed E-state index contributed by atoms with van der Waals surface area (Å²) in [7, 11) is -3.43. The van der Waals surface area contributed by atoms with E-state index in [2.05, 4.69) is 19.2 Å². The minimum atomic E-state index is -3.43. The van der Waals surface area contributed by atoms with Crippen LogP contribution in [0.5, 0.6) is 0 Å². The quantitative estimate of drug-likeness (QED) is 0.895. The molecule has 0 radical (unpaired) electrons. The molecule has 1 aliphatic carbocycles. The van der Waals surface area contributed by atoms with Gasteiger partial charge in [0.05, 0.1) is 20.2 Å². The molecule has 0 spiro atoms. The molecule has 21 heavy (non-hydrogen) atoms. The van der Waals surface area contributed by atoms with Crippen molar-refractivity contribution in [3.05, 3.63) is 28.2 Å². The summed E-state index contributed by atoms with van der Waals surface area (Å²) in [5.41, 5.74) is -0.0377. The Hall–Kier alpha value is -0.290. The third-order valence-electron chi connectivity index (χ3n) is 4.33. The van der Waals surface area contributed by atoms with Crippen molar-refractivity contribution >= 4 is 33.0 Å². The third kappa shape index (κ3) is 3.24. The van der Waals surface area contributed by atoms with E-state index in [0.717, 1.165) is 13.0 Å². The van der Waals surface area contributed by atoms with Gasteiger partial charge in [0.25, 0.3) is 0 Å². The molecule has 0 saturated heterocycles. The van der Waals surface area contributed by atoms with Crippen LogP contribution in [-0.4, -0.2) is 26.3 Å². The molecule has 2 atom stereocenters. The zero-order valence-corrected chi connectivity index (χ0v) is 14.8. The molecular formula is C15H21Cl2NO2S. The van der Waals surface area contributed by atoms with Gasteiger partial charge in [-0.05, 0) is 43.0 Å². The van der Waals surface area contributed by atoms with E-state index in [1.807, 2.05) is 6.92 Å². The summed E-state index contributed by atoms with van der Waals surface area (Å²) in [4.78, 5) is 0.252. The Morgan fingerprint density at radius 2 is 1.95 bits per heavy atom. The SMILES string of the molecule is CCNC1C(S(=O)(=O)c2ccc(Cl)c(Cl)c2)CCC1(C)C. The first-order valence-corrected chi connectivity index (χ1v) is 9.42. The van der Waals surface area contributed by atoms with Crippen LogP contribution >= 0.6 is 23.2 Å². The van der Waals surface area contributed by atoms with Gasteiger partial charge in [0, 0.05) is 6.04 Å². The Morgan fingerprint density at radius 3 is 2.52 bits per heavy atom. The van der Waals surface area contributed by atoms with Gasteiger partial charge in [-0.15, -0.1) is 0 Å². The van der Waals surface area contributed by atoms with Crippen molar-refractivity contribution in [2.24, 2.45) is 5.41 Å². The molecular weight excluding hydrogens is 329 g/mol. The highest BCUT2D eigenvalue weighted by molar-refractivity contribution is 7.92. The summed E-state index contributed by atoms with van der Waals surface area (Å²) >= 11 is 11.8. The minimum Gasteiger partial charge on any atom is -0.312 e. The molecule has 1 fully saturated rings. The zero-order valence-electron chi connectivity index (χ0n) is 12.5. The Labute approximate surface area is 136 Å². The maximum absolute atomic E-state index is 12.9. The molecule has 2 unspecified atom stereocenters. The van der Waals surface area contributed by atoms with Crippen LogP contribution in [0.3, 0.4) is 0 Å². The molecule has 6 heteroatoms. The predicted molar refractivity (Wildman–Crippen MR) is 87.9 cm³/mol. The minimum absolute atomic E-state index is 0.0377. The molecule has 1 aromatic carbocycles. The molecule has 0 aliphatic heterocycles. The Bertz CT molecular complexity index is 629. The van der Waals surface area contributed by atoms with E-state index in [1.54, 1.807) is 6.07 Å². The fourth-order valence-electron chi connectivity index (χ4n) is 3.13. The number of sulfone groups is 1. The Balaban J connectivity index is 2.41. The fraction of sp³-hybridized carbons (Fsp3) is 0.600. The maximum atomic E-state index is 12.9. The molecule has 0 amide bonds. The highest BCUT2D eigenvalue weighted by Gasteiger charge is 2.47. The van der Waals surface area contributed by atoms with Gasteiger partial charge in [0.2, 0.25) is 0 Å². The van der Waals surface area contributed by atoms with Crippen molar-refractivity contribution in [3.8, 4) is 0 Å². The summed E-state index contributed by atoms with van der Waals surface area (Å²) in [5.74, 6) is 0. The second kappa shape index (κ2) is 6.07. The first-order chi connectivity index (χ1) is 9.70. The lowest BCUT2D eigenvalue weighted by molar-refractivity contribution is 0.288. The van der Waals surface area contributed by atoms with E-state index < -0.39 is 15.1 Å². The Kier molecular flexibility index (Phi) is 4.94. The molecule has 0 heterocycles. The molecule has 1 saturated carbocycles. The predicted octanol–water partition coefficient (Wildman–Crippen LogP) is 3.93. The van der Waals surface area contributed by atoms with Crippen LogP contribution in [0.15, 0.2) is 23.1 Å². The van der Waals surface area contributed by atoms with Crippen LogP contribution in [0, 0.1) is 5.41 Å². The van der Waals surface area contributed by atoms with E-state index in [-0.39, 0.29) is 21.4 Å². The summed E-state index contributed by atoms with van der Waals surface area (Å²) in [6, 6.07) is 4.48. The third-order valence-corrected chi connectivity index (χ3v) is 7.28. The summed E-state index contributed by atoms with van der Waals surface area (Å²) in [5, 5.41) is 3.56. The average molecular weight is 350 g/mol. The maximum Gasteiger partial charge on any atom is 0.182 e. The second-order valence-electron chi connectivity index (χ2n) is 6.22. The second-order valence-corrected chi connectivity index (χ2v) is 9.20. The van der Waals surface area contributed by atoms with Gasteiger partial charge in [0.1, 0.15) is 0 Å². The van der Waals surface area contributed by atoms with E-state index in [9.17, 15) is 8.42 Å². The molecule has 1 aromatic rings. The highest BCUT2D eigenvalue weighted by atomic mass is 35.5. The normalized spacial score (nSPS) is 25.2. The largest absolute Gasteiger partial charge is 0.312 e.